The van der Waals surface area contributed by atoms with Gasteiger partial charge < -0.3 is 15.1 Å². The average molecular weight is 434 g/mol. The Morgan fingerprint density at radius 1 is 1.31 bits per heavy atom. The van der Waals surface area contributed by atoms with Gasteiger partial charge in [-0.2, -0.15) is 5.26 Å². The number of hydrogen-bond donors (Lipinski definition) is 2. The maximum absolute atomic E-state index is 14.9. The van der Waals surface area contributed by atoms with Crippen LogP contribution in [0.1, 0.15) is 24.8 Å². The molecule has 2 N–H and O–H groups in total. The zero-order chi connectivity index (χ0) is 22.4. The Morgan fingerprint density at radius 2 is 2.09 bits per heavy atom. The Hall–Kier alpha value is -3.44. The molecule has 2 heterocycles. The Morgan fingerprint density at radius 3 is 2.78 bits per heavy atom. The number of fused-ring (bicyclic) bond motifs is 3. The van der Waals surface area contributed by atoms with Crippen LogP contribution in [0, 0.1) is 23.1 Å². The molecular formula is C24H23FN4O3. The highest BCUT2D eigenvalue weighted by Crippen LogP contribution is 2.35. The summed E-state index contributed by atoms with van der Waals surface area (Å²) < 4.78 is 21.4. The number of carbonyl (C=O) groups is 1. The van der Waals surface area contributed by atoms with Crippen LogP contribution in [0.25, 0.3) is 22.2 Å². The van der Waals surface area contributed by atoms with E-state index < -0.39 is 17.6 Å². The van der Waals surface area contributed by atoms with Gasteiger partial charge in [-0.05, 0) is 60.1 Å². The number of aryl methyl sites for hydroxylation is 1. The topological polar surface area (TPSA) is 100 Å². The van der Waals surface area contributed by atoms with Crippen molar-refractivity contribution < 1.29 is 13.6 Å². The van der Waals surface area contributed by atoms with Crippen molar-refractivity contribution >= 4 is 17.0 Å². The number of piperidine rings is 1. The molecule has 2 aromatic carbocycles. The minimum absolute atomic E-state index is 0.0877. The lowest BCUT2D eigenvalue weighted by Gasteiger charge is -2.23. The van der Waals surface area contributed by atoms with Gasteiger partial charge in [0, 0.05) is 19.5 Å². The maximum atomic E-state index is 14.9. The molecule has 164 valence electrons. The van der Waals surface area contributed by atoms with E-state index in [1.165, 1.54) is 10.6 Å². The van der Waals surface area contributed by atoms with E-state index in [0.29, 0.717) is 34.2 Å². The molecule has 0 radical (unpaired) electrons. The summed E-state index contributed by atoms with van der Waals surface area (Å²) in [7, 11) is 1.62. The predicted octanol–water partition coefficient (Wildman–Crippen LogP) is 2.63. The molecular weight excluding hydrogens is 411 g/mol. The molecule has 3 aromatic rings. The zero-order valence-electron chi connectivity index (χ0n) is 17.6. The molecule has 1 aliphatic carbocycles. The van der Waals surface area contributed by atoms with E-state index in [1.807, 2.05) is 0 Å². The lowest BCUT2D eigenvalue weighted by atomic mass is 9.97. The van der Waals surface area contributed by atoms with Crippen LogP contribution in [0.3, 0.4) is 0 Å². The van der Waals surface area contributed by atoms with Gasteiger partial charge in [0.05, 0.1) is 17.6 Å². The summed E-state index contributed by atoms with van der Waals surface area (Å²) in [6, 6.07) is 11.4. The smallest absolute Gasteiger partial charge is 0.408 e. The molecule has 2 fully saturated rings. The number of nitriles is 1. The van der Waals surface area contributed by atoms with E-state index >= 15 is 0 Å². The van der Waals surface area contributed by atoms with Crippen LogP contribution in [0.4, 0.5) is 4.39 Å². The fraction of sp³-hybridized carbons (Fsp3) is 0.375. The predicted molar refractivity (Wildman–Crippen MR) is 116 cm³/mol. The van der Waals surface area contributed by atoms with Gasteiger partial charge in [0.25, 0.3) is 0 Å². The highest BCUT2D eigenvalue weighted by molar-refractivity contribution is 5.83. The molecule has 2 bridgehead atoms. The molecule has 4 atom stereocenters. The van der Waals surface area contributed by atoms with Crippen LogP contribution >= 0.6 is 0 Å². The average Bonchev–Trinajstić information content (AvgIpc) is 3.50. The van der Waals surface area contributed by atoms with Crippen LogP contribution in [0.2, 0.25) is 0 Å². The largest absolute Gasteiger partial charge is 0.419 e. The third-order valence-electron chi connectivity index (χ3n) is 6.72. The number of hydrogen-bond acceptors (Lipinski definition) is 5. The monoisotopic (exact) mass is 434 g/mol. The summed E-state index contributed by atoms with van der Waals surface area (Å²) in [6.45, 7) is 0. The summed E-state index contributed by atoms with van der Waals surface area (Å²) in [6.07, 6.45) is 3.22. The van der Waals surface area contributed by atoms with Gasteiger partial charge in [0.1, 0.15) is 11.9 Å². The molecule has 0 unspecified atom stereocenters. The Balaban J connectivity index is 1.31. The van der Waals surface area contributed by atoms with Gasteiger partial charge in [-0.25, -0.2) is 9.18 Å². The Bertz CT molecular complexity index is 1300. The number of rotatable bonds is 5. The van der Waals surface area contributed by atoms with Crippen molar-refractivity contribution in [2.75, 3.05) is 0 Å². The van der Waals surface area contributed by atoms with Gasteiger partial charge in [-0.3, -0.25) is 9.36 Å². The second-order valence-electron chi connectivity index (χ2n) is 8.72. The number of amides is 1. The van der Waals surface area contributed by atoms with E-state index in [0.717, 1.165) is 24.8 Å². The van der Waals surface area contributed by atoms with Crippen LogP contribution in [0.5, 0.6) is 0 Å². The van der Waals surface area contributed by atoms with Crippen molar-refractivity contribution in [3.8, 4) is 17.2 Å². The zero-order valence-corrected chi connectivity index (χ0v) is 17.6. The summed E-state index contributed by atoms with van der Waals surface area (Å²) in [5.74, 6) is -0.762. The minimum Gasteiger partial charge on any atom is -0.408 e. The summed E-state index contributed by atoms with van der Waals surface area (Å²) in [4.78, 5) is 24.3. The van der Waals surface area contributed by atoms with Gasteiger partial charge in [-0.1, -0.05) is 18.2 Å². The van der Waals surface area contributed by atoms with E-state index in [1.54, 1.807) is 37.4 Å². The summed E-state index contributed by atoms with van der Waals surface area (Å²) >= 11 is 0. The lowest BCUT2D eigenvalue weighted by Crippen LogP contribution is -2.50. The van der Waals surface area contributed by atoms with Gasteiger partial charge in [0.15, 0.2) is 5.58 Å². The van der Waals surface area contributed by atoms with E-state index in [9.17, 15) is 19.2 Å². The van der Waals surface area contributed by atoms with Gasteiger partial charge in [0.2, 0.25) is 5.91 Å². The van der Waals surface area contributed by atoms with Gasteiger partial charge >= 0.3 is 5.76 Å². The summed E-state index contributed by atoms with van der Waals surface area (Å²) in [5, 5.41) is 15.6. The first-order chi connectivity index (χ1) is 15.4. The molecule has 32 heavy (non-hydrogen) atoms. The standard InChI is InChI=1S/C24H23FN4O3/c1-29-20-11-14(5-7-21(20)32-24(29)31)13-2-3-15(19(25)10-13)8-18(12-26)28-23(30)22-16-4-6-17(9-16)27-22/h2-3,5,7,10-11,16-18,22,27H,4,6,8-9H2,1H3,(H,28,30)/t16-,17+,18-,22-/m0/s1. The lowest BCUT2D eigenvalue weighted by molar-refractivity contribution is -0.124. The Kier molecular flexibility index (Phi) is 5.06. The number of nitrogens with zero attached hydrogens (tertiary/aromatic N) is 2. The highest BCUT2D eigenvalue weighted by Gasteiger charge is 2.43. The number of benzene rings is 2. The van der Waals surface area contributed by atoms with E-state index in [4.69, 9.17) is 4.42 Å². The van der Waals surface area contributed by atoms with Crippen molar-refractivity contribution in [1.29, 1.82) is 5.26 Å². The second-order valence-corrected chi connectivity index (χ2v) is 8.72. The van der Waals surface area contributed by atoms with Crippen LogP contribution in [-0.4, -0.2) is 28.6 Å². The first-order valence-electron chi connectivity index (χ1n) is 10.8. The molecule has 5 rings (SSSR count). The van der Waals surface area contributed by atoms with Crippen molar-refractivity contribution in [1.82, 2.24) is 15.2 Å². The second kappa shape index (κ2) is 7.92. The fourth-order valence-electron chi connectivity index (χ4n) is 4.96. The van der Waals surface area contributed by atoms with Crippen molar-refractivity contribution in [3.05, 3.63) is 58.3 Å². The SMILES string of the molecule is Cn1c(=O)oc2ccc(-c3ccc(C[C@@H](C#N)NC(=O)[C@H]4N[C@@H]5CC[C@H]4C5)c(F)c3)cc21. The minimum atomic E-state index is -0.805. The van der Waals surface area contributed by atoms with Gasteiger partial charge in [-0.15, -0.1) is 0 Å². The first kappa shape index (κ1) is 20.5. The van der Waals surface area contributed by atoms with Crippen molar-refractivity contribution in [3.63, 3.8) is 0 Å². The maximum Gasteiger partial charge on any atom is 0.419 e. The molecule has 0 spiro atoms. The third-order valence-corrected chi connectivity index (χ3v) is 6.72. The van der Waals surface area contributed by atoms with Crippen molar-refractivity contribution in [2.45, 2.75) is 43.8 Å². The Labute approximate surface area is 183 Å². The molecule has 1 amide bonds. The van der Waals surface area contributed by atoms with E-state index in [-0.39, 0.29) is 18.4 Å². The molecule has 1 saturated carbocycles. The van der Waals surface area contributed by atoms with Crippen LogP contribution in [0.15, 0.2) is 45.6 Å². The molecule has 1 saturated heterocycles. The molecule has 7 nitrogen and oxygen atoms in total. The fourth-order valence-corrected chi connectivity index (χ4v) is 4.96. The summed E-state index contributed by atoms with van der Waals surface area (Å²) in [5.41, 5.74) is 2.84. The molecule has 1 aliphatic heterocycles. The molecule has 8 heteroatoms. The first-order valence-corrected chi connectivity index (χ1v) is 10.8. The van der Waals surface area contributed by atoms with Crippen LogP contribution < -0.4 is 16.4 Å². The third kappa shape index (κ3) is 3.59. The van der Waals surface area contributed by atoms with E-state index in [2.05, 4.69) is 16.7 Å². The number of carbonyl (C=O) groups excluding carboxylic acids is 1. The quantitative estimate of drug-likeness (QED) is 0.643. The number of nitrogens with one attached hydrogen (secondary N) is 2. The number of aromatic nitrogens is 1. The number of oxazole rings is 1. The highest BCUT2D eigenvalue weighted by atomic mass is 19.1. The van der Waals surface area contributed by atoms with Crippen LogP contribution in [-0.2, 0) is 18.3 Å². The molecule has 1 aromatic heterocycles. The number of halogens is 1. The normalized spacial score (nSPS) is 22.7. The molecule has 2 aliphatic rings. The van der Waals surface area contributed by atoms with Crippen molar-refractivity contribution in [2.24, 2.45) is 13.0 Å².